The number of hydrogen-bond donors (Lipinski definition) is 1. The summed E-state index contributed by atoms with van der Waals surface area (Å²) in [5.74, 6) is -0.741. The molecule has 4 heteroatoms. The molecular weight excluding hydrogens is 216 g/mol. The maximum absolute atomic E-state index is 10.6. The molecule has 94 valence electrons. The molecule has 0 aromatic carbocycles. The number of aliphatic carboxylic acids is 1. The molecule has 1 saturated carbocycles. The number of aromatic nitrogens is 2. The Balaban J connectivity index is 2.05. The third kappa shape index (κ3) is 2.87. The summed E-state index contributed by atoms with van der Waals surface area (Å²) in [5.41, 5.74) is 2.23. The summed E-state index contributed by atoms with van der Waals surface area (Å²) in [7, 11) is 0. The average molecular weight is 236 g/mol. The highest BCUT2D eigenvalue weighted by Gasteiger charge is 2.18. The Kier molecular flexibility index (Phi) is 3.82. The van der Waals surface area contributed by atoms with Crippen LogP contribution in [0.3, 0.4) is 0 Å². The molecule has 1 fully saturated rings. The fourth-order valence-electron chi connectivity index (χ4n) is 2.64. The SMILES string of the molecule is Cc1c(CCC(=O)O)cnn1C1CCCCC1. The Bertz CT molecular complexity index is 392. The van der Waals surface area contributed by atoms with Gasteiger partial charge in [0.2, 0.25) is 0 Å². The molecule has 0 spiro atoms. The highest BCUT2D eigenvalue weighted by atomic mass is 16.4. The monoisotopic (exact) mass is 236 g/mol. The predicted molar refractivity (Wildman–Crippen MR) is 65.0 cm³/mol. The number of nitrogens with zero attached hydrogens (tertiary/aromatic N) is 2. The molecule has 17 heavy (non-hydrogen) atoms. The van der Waals surface area contributed by atoms with E-state index >= 15 is 0 Å². The molecule has 1 aliphatic rings. The van der Waals surface area contributed by atoms with Gasteiger partial charge in [0.25, 0.3) is 0 Å². The van der Waals surface area contributed by atoms with Crippen molar-refractivity contribution in [1.29, 1.82) is 0 Å². The summed E-state index contributed by atoms with van der Waals surface area (Å²) in [6, 6.07) is 0.530. The molecule has 0 bridgehead atoms. The van der Waals surface area contributed by atoms with Crippen LogP contribution in [0.1, 0.15) is 55.8 Å². The fourth-order valence-corrected chi connectivity index (χ4v) is 2.64. The lowest BCUT2D eigenvalue weighted by molar-refractivity contribution is -0.136. The van der Waals surface area contributed by atoms with Crippen LogP contribution in [0.2, 0.25) is 0 Å². The third-order valence-corrected chi connectivity index (χ3v) is 3.68. The van der Waals surface area contributed by atoms with Crippen LogP contribution in [0.25, 0.3) is 0 Å². The van der Waals surface area contributed by atoms with E-state index in [0.29, 0.717) is 12.5 Å². The van der Waals surface area contributed by atoms with Gasteiger partial charge in [0, 0.05) is 12.1 Å². The first-order valence-corrected chi connectivity index (χ1v) is 6.43. The molecule has 0 saturated heterocycles. The predicted octanol–water partition coefficient (Wildman–Crippen LogP) is 2.71. The molecule has 4 nitrogen and oxygen atoms in total. The Labute approximate surface area is 102 Å². The fraction of sp³-hybridized carbons (Fsp3) is 0.692. The van der Waals surface area contributed by atoms with Gasteiger partial charge in [0.05, 0.1) is 12.2 Å². The Morgan fingerprint density at radius 3 is 2.82 bits per heavy atom. The molecule has 0 amide bonds. The second-order valence-corrected chi connectivity index (χ2v) is 4.89. The maximum atomic E-state index is 10.6. The van der Waals surface area contributed by atoms with E-state index in [9.17, 15) is 4.79 Å². The Hall–Kier alpha value is -1.32. The number of carbonyl (C=O) groups is 1. The van der Waals surface area contributed by atoms with Gasteiger partial charge >= 0.3 is 5.97 Å². The van der Waals surface area contributed by atoms with Crippen molar-refractivity contribution in [1.82, 2.24) is 9.78 Å². The van der Waals surface area contributed by atoms with Gasteiger partial charge in [0.1, 0.15) is 0 Å². The minimum Gasteiger partial charge on any atom is -0.481 e. The van der Waals surface area contributed by atoms with Crippen molar-refractivity contribution >= 4 is 5.97 Å². The third-order valence-electron chi connectivity index (χ3n) is 3.68. The molecule has 1 aromatic heterocycles. The van der Waals surface area contributed by atoms with Crippen LogP contribution in [-0.4, -0.2) is 20.9 Å². The lowest BCUT2D eigenvalue weighted by atomic mass is 9.95. The van der Waals surface area contributed by atoms with E-state index in [1.807, 2.05) is 6.20 Å². The van der Waals surface area contributed by atoms with Gasteiger partial charge in [-0.05, 0) is 31.7 Å². The highest BCUT2D eigenvalue weighted by molar-refractivity contribution is 5.67. The number of aryl methyl sites for hydroxylation is 1. The van der Waals surface area contributed by atoms with Gasteiger partial charge < -0.3 is 5.11 Å². The summed E-state index contributed by atoms with van der Waals surface area (Å²) >= 11 is 0. The zero-order chi connectivity index (χ0) is 12.3. The number of carboxylic acid groups (broad SMARTS) is 1. The second kappa shape index (κ2) is 5.34. The summed E-state index contributed by atoms with van der Waals surface area (Å²) < 4.78 is 2.11. The normalized spacial score (nSPS) is 17.2. The zero-order valence-electron chi connectivity index (χ0n) is 10.4. The summed E-state index contributed by atoms with van der Waals surface area (Å²) in [6.07, 6.45) is 8.95. The van der Waals surface area contributed by atoms with E-state index < -0.39 is 5.97 Å². The molecule has 0 atom stereocenters. The second-order valence-electron chi connectivity index (χ2n) is 4.89. The van der Waals surface area contributed by atoms with Crippen LogP contribution >= 0.6 is 0 Å². The summed E-state index contributed by atoms with van der Waals surface area (Å²) in [4.78, 5) is 10.6. The van der Waals surface area contributed by atoms with Gasteiger partial charge in [-0.15, -0.1) is 0 Å². The maximum Gasteiger partial charge on any atom is 0.303 e. The minimum absolute atomic E-state index is 0.192. The van der Waals surface area contributed by atoms with E-state index in [4.69, 9.17) is 5.11 Å². The lowest BCUT2D eigenvalue weighted by Crippen LogP contribution is -2.15. The van der Waals surface area contributed by atoms with Crippen molar-refractivity contribution in [2.45, 2.75) is 57.9 Å². The van der Waals surface area contributed by atoms with Gasteiger partial charge in [-0.2, -0.15) is 5.10 Å². The van der Waals surface area contributed by atoms with Crippen molar-refractivity contribution in [3.05, 3.63) is 17.5 Å². The smallest absolute Gasteiger partial charge is 0.303 e. The van der Waals surface area contributed by atoms with E-state index in [1.54, 1.807) is 0 Å². The zero-order valence-corrected chi connectivity index (χ0v) is 10.4. The highest BCUT2D eigenvalue weighted by Crippen LogP contribution is 2.29. The molecule has 1 heterocycles. The quantitative estimate of drug-likeness (QED) is 0.874. The topological polar surface area (TPSA) is 55.1 Å². The number of carboxylic acids is 1. The van der Waals surface area contributed by atoms with E-state index in [2.05, 4.69) is 16.7 Å². The minimum atomic E-state index is -0.741. The van der Waals surface area contributed by atoms with Crippen LogP contribution in [0.15, 0.2) is 6.20 Å². The van der Waals surface area contributed by atoms with Crippen molar-refractivity contribution in [3.8, 4) is 0 Å². The average Bonchev–Trinajstić information content (AvgIpc) is 2.69. The van der Waals surface area contributed by atoms with Crippen molar-refractivity contribution in [3.63, 3.8) is 0 Å². The molecule has 1 aromatic rings. The number of rotatable bonds is 4. The first kappa shape index (κ1) is 12.1. The van der Waals surface area contributed by atoms with Crippen molar-refractivity contribution < 1.29 is 9.90 Å². The van der Waals surface area contributed by atoms with E-state index in [1.165, 1.54) is 32.1 Å². The van der Waals surface area contributed by atoms with Gasteiger partial charge in [-0.3, -0.25) is 9.48 Å². The van der Waals surface area contributed by atoms with Crippen LogP contribution < -0.4 is 0 Å². The van der Waals surface area contributed by atoms with Gasteiger partial charge in [0.15, 0.2) is 0 Å². The molecule has 0 unspecified atom stereocenters. The Morgan fingerprint density at radius 2 is 2.18 bits per heavy atom. The van der Waals surface area contributed by atoms with E-state index in [-0.39, 0.29) is 6.42 Å². The first-order valence-electron chi connectivity index (χ1n) is 6.43. The largest absolute Gasteiger partial charge is 0.481 e. The summed E-state index contributed by atoms with van der Waals surface area (Å²) in [6.45, 7) is 2.05. The molecule has 1 aliphatic carbocycles. The van der Waals surface area contributed by atoms with Crippen LogP contribution in [0, 0.1) is 6.92 Å². The van der Waals surface area contributed by atoms with Crippen molar-refractivity contribution in [2.24, 2.45) is 0 Å². The number of hydrogen-bond acceptors (Lipinski definition) is 2. The van der Waals surface area contributed by atoms with Crippen LogP contribution in [0.5, 0.6) is 0 Å². The van der Waals surface area contributed by atoms with Gasteiger partial charge in [-0.25, -0.2) is 0 Å². The van der Waals surface area contributed by atoms with Gasteiger partial charge in [-0.1, -0.05) is 19.3 Å². The molecule has 2 rings (SSSR count). The molecule has 0 aliphatic heterocycles. The van der Waals surface area contributed by atoms with Crippen LogP contribution in [-0.2, 0) is 11.2 Å². The molecule has 1 N–H and O–H groups in total. The molecule has 0 radical (unpaired) electrons. The first-order chi connectivity index (χ1) is 8.18. The van der Waals surface area contributed by atoms with Crippen LogP contribution in [0.4, 0.5) is 0 Å². The molecular formula is C13H20N2O2. The summed E-state index contributed by atoms with van der Waals surface area (Å²) in [5, 5.41) is 13.1. The standard InChI is InChI=1S/C13H20N2O2/c1-10-11(7-8-13(16)17)9-14-15(10)12-5-3-2-4-6-12/h9,12H,2-8H2,1H3,(H,16,17). The van der Waals surface area contributed by atoms with Crippen molar-refractivity contribution in [2.75, 3.05) is 0 Å². The van der Waals surface area contributed by atoms with E-state index in [0.717, 1.165) is 11.3 Å². The Morgan fingerprint density at radius 1 is 1.47 bits per heavy atom. The lowest BCUT2D eigenvalue weighted by Gasteiger charge is -2.23.